The van der Waals surface area contributed by atoms with Crippen molar-refractivity contribution in [1.29, 1.82) is 0 Å². The fourth-order valence-corrected chi connectivity index (χ4v) is 6.46. The van der Waals surface area contributed by atoms with Gasteiger partial charge >= 0.3 is 24.9 Å². The van der Waals surface area contributed by atoms with Gasteiger partial charge in [0.15, 0.2) is 5.78 Å². The summed E-state index contributed by atoms with van der Waals surface area (Å²) in [5, 5.41) is 8.71. The van der Waals surface area contributed by atoms with Gasteiger partial charge in [0.25, 0.3) is 11.8 Å². The molecule has 0 atom stereocenters. The van der Waals surface area contributed by atoms with E-state index in [-0.39, 0.29) is 41.9 Å². The van der Waals surface area contributed by atoms with E-state index in [9.17, 15) is 45.5 Å². The van der Waals surface area contributed by atoms with Gasteiger partial charge in [0.2, 0.25) is 5.89 Å². The number of carbonyl (C=O) groups is 4. The van der Waals surface area contributed by atoms with Crippen molar-refractivity contribution < 1.29 is 59.4 Å². The van der Waals surface area contributed by atoms with E-state index in [2.05, 4.69) is 20.2 Å². The third kappa shape index (κ3) is 12.6. The van der Waals surface area contributed by atoms with Crippen molar-refractivity contribution in [3.63, 3.8) is 0 Å². The van der Waals surface area contributed by atoms with E-state index in [1.54, 1.807) is 54.0 Å². The number of halogens is 6. The van der Waals surface area contributed by atoms with Crippen molar-refractivity contribution in [3.05, 3.63) is 119 Å². The number of ether oxygens (including phenoxy) is 2. The topological polar surface area (TPSA) is 176 Å². The van der Waals surface area contributed by atoms with Crippen molar-refractivity contribution in [3.8, 4) is 11.5 Å². The van der Waals surface area contributed by atoms with Crippen molar-refractivity contribution in [2.24, 2.45) is 0 Å². The molecule has 2 aliphatic rings. The average Bonchev–Trinajstić information content (AvgIpc) is 3.82. The molecule has 3 aromatic heterocycles. The standard InChI is InChI=1S/C22H23F3N4O4.C21H20F3N5O3/c1-14-2-5-18(17(23)10-14)29(22(32)28-6-8-33-9-7-28)13-16-4-3-15(11-26-16)19(30)12-27-21(31)20(24)25;1-13-2-5-17(16(22)10-13)29(21(30)28-6-8-31-9-7-28)12-15-4-3-14(11-25-15)19-26-27-20(32-19)18(23)24/h2-5,10-11,20H,6-9,12-13H2,1H3,(H,27,31);2-5,10-11,18H,6-9,12H2,1H3. The number of rotatable bonds is 12. The number of alkyl halides is 4. The van der Waals surface area contributed by atoms with Crippen molar-refractivity contribution in [2.75, 3.05) is 69.0 Å². The van der Waals surface area contributed by atoms with Crippen molar-refractivity contribution >= 4 is 35.1 Å². The van der Waals surface area contributed by atoms with Gasteiger partial charge in [0.1, 0.15) is 11.6 Å². The molecule has 7 rings (SSSR count). The number of carbonyl (C=O) groups excluding carboxylic acids is 4. The van der Waals surface area contributed by atoms with Gasteiger partial charge in [-0.25, -0.2) is 18.4 Å². The van der Waals surface area contributed by atoms with E-state index in [4.69, 9.17) is 13.9 Å². The fourth-order valence-electron chi connectivity index (χ4n) is 6.46. The smallest absolute Gasteiger partial charge is 0.325 e. The minimum absolute atomic E-state index is 0.00255. The zero-order valence-corrected chi connectivity index (χ0v) is 35.1. The number of ketones is 1. The number of aromatic nitrogens is 4. The minimum atomic E-state index is -3.21. The number of nitrogens with one attached hydrogen (secondary N) is 1. The monoisotopic (exact) mass is 911 g/mol. The van der Waals surface area contributed by atoms with Crippen LogP contribution in [0.3, 0.4) is 0 Å². The van der Waals surface area contributed by atoms with E-state index in [1.807, 2.05) is 5.32 Å². The second kappa shape index (κ2) is 22.1. The SMILES string of the molecule is Cc1ccc(N(Cc2ccc(-c3nnc(C(F)F)o3)cn2)C(=O)N2CCOCC2)c(F)c1.Cc1ccc(N(Cc2ccc(C(=O)CNC(=O)C(F)F)cn2)C(=O)N2CCOCC2)c(F)c1. The second-order valence-electron chi connectivity index (χ2n) is 14.6. The molecular formula is C43H43F6N9O7. The lowest BCUT2D eigenvalue weighted by Gasteiger charge is -2.33. The molecule has 1 N–H and O–H groups in total. The Balaban J connectivity index is 0.000000215. The number of hydrogen-bond donors (Lipinski definition) is 1. The summed E-state index contributed by atoms with van der Waals surface area (Å²) in [6.07, 6.45) is -3.49. The van der Waals surface area contributed by atoms with Gasteiger partial charge < -0.3 is 29.0 Å². The van der Waals surface area contributed by atoms with Gasteiger partial charge in [-0.2, -0.15) is 17.6 Å². The van der Waals surface area contributed by atoms with Crippen LogP contribution in [0, 0.1) is 25.5 Å². The molecule has 2 aromatic carbocycles. The molecule has 5 amide bonds. The first-order chi connectivity index (χ1) is 31.2. The maximum Gasteiger partial charge on any atom is 0.325 e. The number of hydrogen-bond acceptors (Lipinski definition) is 11. The van der Waals surface area contributed by atoms with Gasteiger partial charge in [-0.1, -0.05) is 12.1 Å². The maximum absolute atomic E-state index is 14.7. The lowest BCUT2D eigenvalue weighted by Crippen LogP contribution is -2.48. The van der Waals surface area contributed by atoms with Crippen LogP contribution >= 0.6 is 0 Å². The number of pyridine rings is 2. The van der Waals surface area contributed by atoms with E-state index in [0.717, 1.165) is 5.56 Å². The van der Waals surface area contributed by atoms with Crippen LogP contribution in [0.4, 0.5) is 47.3 Å². The summed E-state index contributed by atoms with van der Waals surface area (Å²) in [5.74, 6) is -4.09. The molecule has 344 valence electrons. The van der Waals surface area contributed by atoms with Gasteiger partial charge in [0.05, 0.1) is 74.4 Å². The van der Waals surface area contributed by atoms with Crippen molar-refractivity contribution in [1.82, 2.24) is 35.3 Å². The Morgan fingerprint density at radius 2 is 1.20 bits per heavy atom. The highest BCUT2D eigenvalue weighted by atomic mass is 19.3. The number of nitrogens with zero attached hydrogens (tertiary/aromatic N) is 8. The van der Waals surface area contributed by atoms with Gasteiger partial charge in [-0.15, -0.1) is 10.2 Å². The molecule has 2 aliphatic heterocycles. The highest BCUT2D eigenvalue weighted by molar-refractivity contribution is 5.99. The highest BCUT2D eigenvalue weighted by Gasteiger charge is 2.29. The molecule has 5 heterocycles. The van der Waals surface area contributed by atoms with Gasteiger partial charge in [0, 0.05) is 44.1 Å². The van der Waals surface area contributed by atoms with Gasteiger partial charge in [-0.3, -0.25) is 29.4 Å². The Morgan fingerprint density at radius 3 is 1.62 bits per heavy atom. The molecule has 0 bridgehead atoms. The van der Waals surface area contributed by atoms with Crippen molar-refractivity contribution in [2.45, 2.75) is 39.8 Å². The van der Waals surface area contributed by atoms with Crippen LogP contribution in [0.15, 0.2) is 77.5 Å². The molecule has 65 heavy (non-hydrogen) atoms. The Morgan fingerprint density at radius 1 is 0.692 bits per heavy atom. The first-order valence-electron chi connectivity index (χ1n) is 20.1. The first-order valence-corrected chi connectivity index (χ1v) is 20.1. The quantitative estimate of drug-likeness (QED) is 0.106. The second-order valence-corrected chi connectivity index (χ2v) is 14.6. The molecule has 2 fully saturated rings. The molecule has 16 nitrogen and oxygen atoms in total. The number of urea groups is 2. The fraction of sp³-hybridized carbons (Fsp3) is 0.349. The molecule has 0 spiro atoms. The summed E-state index contributed by atoms with van der Waals surface area (Å²) >= 11 is 0. The zero-order valence-electron chi connectivity index (χ0n) is 35.1. The summed E-state index contributed by atoms with van der Waals surface area (Å²) in [6.45, 7) is 5.97. The Kier molecular flexibility index (Phi) is 16.2. The lowest BCUT2D eigenvalue weighted by atomic mass is 10.1. The largest absolute Gasteiger partial charge is 0.415 e. The number of aryl methyl sites for hydroxylation is 2. The summed E-state index contributed by atoms with van der Waals surface area (Å²) in [4.78, 5) is 63.6. The molecule has 0 radical (unpaired) electrons. The number of anilines is 2. The molecule has 22 heteroatoms. The maximum atomic E-state index is 14.7. The van der Waals surface area contributed by atoms with Crippen LogP contribution in [0.5, 0.6) is 0 Å². The molecule has 2 saturated heterocycles. The normalized spacial score (nSPS) is 13.9. The molecule has 0 aliphatic carbocycles. The minimum Gasteiger partial charge on any atom is -0.415 e. The van der Waals surface area contributed by atoms with Crippen LogP contribution in [-0.2, 0) is 27.4 Å². The van der Waals surface area contributed by atoms with E-state index in [1.165, 1.54) is 52.5 Å². The molecule has 0 unspecified atom stereocenters. The predicted octanol–water partition coefficient (Wildman–Crippen LogP) is 6.53. The Labute approximate surface area is 368 Å². The number of Topliss-reactive ketones (excluding diaryl/α,β-unsaturated/α-hetero) is 1. The third-order valence-electron chi connectivity index (χ3n) is 9.92. The van der Waals surface area contributed by atoms with Gasteiger partial charge in [-0.05, 0) is 73.5 Å². The Hall–Kier alpha value is -6.94. The third-order valence-corrected chi connectivity index (χ3v) is 9.92. The van der Waals surface area contributed by atoms with E-state index >= 15 is 0 Å². The molecular weight excluding hydrogens is 869 g/mol. The summed E-state index contributed by atoms with van der Waals surface area (Å²) in [5.41, 5.74) is 2.95. The predicted molar refractivity (Wildman–Crippen MR) is 220 cm³/mol. The molecule has 5 aromatic rings. The zero-order chi connectivity index (χ0) is 46.6. The summed E-state index contributed by atoms with van der Waals surface area (Å²) < 4.78 is 94.8. The van der Waals surface area contributed by atoms with E-state index < -0.39 is 54.6 Å². The van der Waals surface area contributed by atoms with Crippen LogP contribution in [0.2, 0.25) is 0 Å². The van der Waals surface area contributed by atoms with Crippen LogP contribution < -0.4 is 15.1 Å². The van der Waals surface area contributed by atoms with Crippen LogP contribution in [0.25, 0.3) is 11.5 Å². The number of benzene rings is 2. The highest BCUT2D eigenvalue weighted by Crippen LogP contribution is 2.27. The van der Waals surface area contributed by atoms with E-state index in [0.29, 0.717) is 75.1 Å². The summed E-state index contributed by atoms with van der Waals surface area (Å²) in [6, 6.07) is 14.5. The number of morpholine rings is 2. The van der Waals surface area contributed by atoms with Crippen LogP contribution in [-0.4, -0.2) is 119 Å². The first kappa shape index (κ1) is 47.5. The number of amides is 5. The van der Waals surface area contributed by atoms with Crippen LogP contribution in [0.1, 0.15) is 45.2 Å². The Bertz CT molecular complexity index is 2430. The lowest BCUT2D eigenvalue weighted by molar-refractivity contribution is -0.131. The molecule has 0 saturated carbocycles. The average molecular weight is 912 g/mol. The summed E-state index contributed by atoms with van der Waals surface area (Å²) in [7, 11) is 0.